The van der Waals surface area contributed by atoms with E-state index in [0.29, 0.717) is 0 Å². The normalized spacial score (nSPS) is 17.6. The summed E-state index contributed by atoms with van der Waals surface area (Å²) in [5.74, 6) is 0. The van der Waals surface area contributed by atoms with Crippen LogP contribution in [0.3, 0.4) is 0 Å². The molecule has 0 bridgehead atoms. The molecule has 1 heterocycles. The Balaban J connectivity index is 3.28. The quantitative estimate of drug-likeness (QED) is 0.503. The van der Waals surface area contributed by atoms with Crippen molar-refractivity contribution in [2.45, 2.75) is 105 Å². The molecule has 0 saturated heterocycles. The van der Waals surface area contributed by atoms with E-state index in [1.807, 2.05) is 0 Å². The molecule has 0 aromatic heterocycles. The molecule has 0 aromatic carbocycles. The predicted octanol–water partition coefficient (Wildman–Crippen LogP) is 4.63. The van der Waals surface area contributed by atoms with Crippen LogP contribution >= 0.6 is 0 Å². The molecule has 5 heteroatoms. The molecule has 0 aromatic rings. The molecule has 0 N–H and O–H groups in total. The van der Waals surface area contributed by atoms with Crippen LogP contribution in [-0.4, -0.2) is 62.7 Å². The standard InChI is InChI=1S/C10H21N2.C10H20N2.Ga/c2*1-9(2,3)11-7-8-12-10(4,5)6;/h7H,8H2,1-6H3;7-8H,1-6H3;/q-1;-2;+3. The van der Waals surface area contributed by atoms with Crippen molar-refractivity contribution in [2.24, 2.45) is 4.99 Å². The Hall–Kier alpha value is -0.394. The summed E-state index contributed by atoms with van der Waals surface area (Å²) in [5.41, 5.74) is 0.350. The van der Waals surface area contributed by atoms with Gasteiger partial charge in [0.1, 0.15) is 0 Å². The first-order valence-corrected chi connectivity index (χ1v) is 12.8. The molecule has 0 spiro atoms. The van der Waals surface area contributed by atoms with Crippen molar-refractivity contribution in [3.8, 4) is 0 Å². The minimum absolute atomic E-state index is 0.0160. The van der Waals surface area contributed by atoms with Gasteiger partial charge >= 0.3 is 163 Å². The van der Waals surface area contributed by atoms with Crippen molar-refractivity contribution >= 4 is 23.2 Å². The van der Waals surface area contributed by atoms with Crippen LogP contribution in [-0.2, 0) is 0 Å². The zero-order chi connectivity index (χ0) is 19.8. The van der Waals surface area contributed by atoms with Gasteiger partial charge in [-0.3, -0.25) is 0 Å². The van der Waals surface area contributed by atoms with Crippen LogP contribution < -0.4 is 0 Å². The van der Waals surface area contributed by atoms with Gasteiger partial charge in [0.05, 0.1) is 0 Å². The Morgan fingerprint density at radius 1 is 0.800 bits per heavy atom. The summed E-state index contributed by atoms with van der Waals surface area (Å²) in [5, 5.41) is 0. The van der Waals surface area contributed by atoms with Crippen molar-refractivity contribution < 1.29 is 0 Å². The van der Waals surface area contributed by atoms with Crippen LogP contribution in [0.4, 0.5) is 0 Å². The van der Waals surface area contributed by atoms with Gasteiger partial charge in [0.25, 0.3) is 0 Å². The van der Waals surface area contributed by atoms with E-state index in [-0.39, 0.29) is 22.2 Å². The van der Waals surface area contributed by atoms with Crippen LogP contribution in [0, 0.1) is 0 Å². The molecule has 0 amide bonds. The summed E-state index contributed by atoms with van der Waals surface area (Å²) >= 11 is -2.21. The van der Waals surface area contributed by atoms with E-state index in [2.05, 4.69) is 113 Å². The number of hydrogen-bond acceptors (Lipinski definition) is 4. The molecule has 0 fully saturated rings. The third kappa shape index (κ3) is 6.37. The van der Waals surface area contributed by atoms with E-state index < -0.39 is 16.9 Å². The summed E-state index contributed by atoms with van der Waals surface area (Å²) in [6, 6.07) is 0. The van der Waals surface area contributed by atoms with Crippen LogP contribution in [0.5, 0.6) is 0 Å². The van der Waals surface area contributed by atoms with Crippen molar-refractivity contribution in [3.05, 3.63) is 12.4 Å². The number of hydrogen-bond donors (Lipinski definition) is 0. The molecule has 0 aliphatic carbocycles. The van der Waals surface area contributed by atoms with Gasteiger partial charge < -0.3 is 0 Å². The van der Waals surface area contributed by atoms with Gasteiger partial charge in [0.15, 0.2) is 0 Å². The first kappa shape index (κ1) is 22.6. The van der Waals surface area contributed by atoms with E-state index in [4.69, 9.17) is 4.99 Å². The molecule has 4 nitrogen and oxygen atoms in total. The fourth-order valence-corrected chi connectivity index (χ4v) is 10.7. The van der Waals surface area contributed by atoms with Crippen LogP contribution in [0.2, 0.25) is 0 Å². The number of rotatable bonds is 3. The van der Waals surface area contributed by atoms with Crippen molar-refractivity contribution in [1.29, 1.82) is 0 Å². The molecule has 25 heavy (non-hydrogen) atoms. The summed E-state index contributed by atoms with van der Waals surface area (Å²) in [6.07, 6.45) is 6.79. The third-order valence-corrected chi connectivity index (χ3v) is 13.6. The van der Waals surface area contributed by atoms with Gasteiger partial charge in [-0.1, -0.05) is 0 Å². The second-order valence-electron chi connectivity index (χ2n) is 11.1. The fourth-order valence-electron chi connectivity index (χ4n) is 2.99. The SMILES string of the molecule is CC(C)(C)N=CC[N]([Ga]1[N](C(C)(C)C)C=C[N]1C(C)(C)C)C(C)(C)C. The van der Waals surface area contributed by atoms with Gasteiger partial charge in [0, 0.05) is 0 Å². The summed E-state index contributed by atoms with van der Waals surface area (Å²) < 4.78 is 8.04. The van der Waals surface area contributed by atoms with Gasteiger partial charge in [-0.25, -0.2) is 0 Å². The number of aliphatic imine (C=N–C) groups is 1. The van der Waals surface area contributed by atoms with Crippen molar-refractivity contribution in [3.63, 3.8) is 0 Å². The zero-order valence-electron chi connectivity index (χ0n) is 18.8. The van der Waals surface area contributed by atoms with Crippen molar-refractivity contribution in [2.75, 3.05) is 6.54 Å². The minimum atomic E-state index is -2.21. The molecule has 0 saturated carbocycles. The zero-order valence-corrected chi connectivity index (χ0v) is 21.2. The van der Waals surface area contributed by atoms with E-state index >= 15 is 0 Å². The molecule has 1 rings (SSSR count). The molecule has 1 aliphatic rings. The van der Waals surface area contributed by atoms with E-state index in [0.717, 1.165) is 6.54 Å². The molecular weight excluding hydrogens is 366 g/mol. The Bertz CT molecular complexity index is 474. The van der Waals surface area contributed by atoms with Crippen LogP contribution in [0.15, 0.2) is 17.4 Å². The van der Waals surface area contributed by atoms with Crippen molar-refractivity contribution in [1.82, 2.24) is 10.8 Å². The second kappa shape index (κ2) is 7.32. The maximum atomic E-state index is 4.76. The Labute approximate surface area is 163 Å². The number of nitrogens with zero attached hydrogens (tertiary/aromatic N) is 4. The Morgan fingerprint density at radius 3 is 1.48 bits per heavy atom. The van der Waals surface area contributed by atoms with Gasteiger partial charge in [-0.15, -0.1) is 0 Å². The average molecular weight is 407 g/mol. The van der Waals surface area contributed by atoms with Gasteiger partial charge in [-0.2, -0.15) is 0 Å². The molecule has 0 radical (unpaired) electrons. The Morgan fingerprint density at radius 2 is 1.20 bits per heavy atom. The fraction of sp³-hybridized carbons (Fsp3) is 0.850. The third-order valence-electron chi connectivity index (χ3n) is 4.33. The van der Waals surface area contributed by atoms with Crippen LogP contribution in [0.25, 0.3) is 0 Å². The monoisotopic (exact) mass is 406 g/mol. The van der Waals surface area contributed by atoms with Crippen LogP contribution in [0.1, 0.15) is 83.1 Å². The van der Waals surface area contributed by atoms with E-state index in [1.165, 1.54) is 0 Å². The average Bonchev–Trinajstić information content (AvgIpc) is 2.75. The first-order valence-electron chi connectivity index (χ1n) is 9.50. The van der Waals surface area contributed by atoms with Gasteiger partial charge in [-0.05, 0) is 0 Å². The van der Waals surface area contributed by atoms with E-state index in [1.54, 1.807) is 0 Å². The topological polar surface area (TPSA) is 22.1 Å². The summed E-state index contributed by atoms with van der Waals surface area (Å²) in [4.78, 5) is 4.76. The molecule has 0 atom stereocenters. The summed E-state index contributed by atoms with van der Waals surface area (Å²) in [7, 11) is 0. The second-order valence-corrected chi connectivity index (χ2v) is 16.2. The maximum absolute atomic E-state index is 4.76. The molecule has 144 valence electrons. The molecule has 1 aliphatic heterocycles. The Kier molecular flexibility index (Phi) is 6.63. The van der Waals surface area contributed by atoms with E-state index in [9.17, 15) is 0 Å². The molecular formula is C20H41GaN4. The predicted molar refractivity (Wildman–Crippen MR) is 113 cm³/mol. The summed E-state index contributed by atoms with van der Waals surface area (Å²) in [6.45, 7) is 28.3. The first-order chi connectivity index (χ1) is 10.9. The van der Waals surface area contributed by atoms with Gasteiger partial charge in [0.2, 0.25) is 0 Å². The molecule has 0 unspecified atom stereocenters.